The van der Waals surface area contributed by atoms with Crippen LogP contribution in [0.25, 0.3) is 11.0 Å². The van der Waals surface area contributed by atoms with Crippen molar-refractivity contribution in [3.63, 3.8) is 0 Å². The SMILES string of the molecule is CCc1ccc2oc(=O)c(C(=O)Oc3cc(C)cc(OC)c3)cc2c1. The van der Waals surface area contributed by atoms with Gasteiger partial charge in [0.2, 0.25) is 0 Å². The van der Waals surface area contributed by atoms with Gasteiger partial charge in [0.05, 0.1) is 7.11 Å². The van der Waals surface area contributed by atoms with Gasteiger partial charge in [-0.25, -0.2) is 9.59 Å². The van der Waals surface area contributed by atoms with Gasteiger partial charge >= 0.3 is 11.6 Å². The molecule has 3 rings (SSSR count). The number of ether oxygens (including phenoxy) is 2. The second kappa shape index (κ2) is 6.81. The maximum absolute atomic E-state index is 12.4. The number of carbonyl (C=O) groups excluding carboxylic acids is 1. The minimum absolute atomic E-state index is 0.138. The molecule has 0 atom stereocenters. The maximum atomic E-state index is 12.4. The Hall–Kier alpha value is -3.08. The van der Waals surface area contributed by atoms with Crippen LogP contribution in [0.15, 0.2) is 51.7 Å². The van der Waals surface area contributed by atoms with E-state index in [1.54, 1.807) is 18.2 Å². The highest BCUT2D eigenvalue weighted by atomic mass is 16.5. The van der Waals surface area contributed by atoms with Gasteiger partial charge in [0.15, 0.2) is 0 Å². The van der Waals surface area contributed by atoms with Crippen LogP contribution in [0.2, 0.25) is 0 Å². The average molecular weight is 338 g/mol. The molecule has 2 aromatic carbocycles. The summed E-state index contributed by atoms with van der Waals surface area (Å²) in [6.45, 7) is 3.89. The molecule has 0 N–H and O–H groups in total. The van der Waals surface area contributed by atoms with Crippen molar-refractivity contribution in [3.05, 3.63) is 69.6 Å². The topological polar surface area (TPSA) is 65.7 Å². The molecule has 0 amide bonds. The number of hydrogen-bond acceptors (Lipinski definition) is 5. The number of aryl methyl sites for hydroxylation is 2. The third-order valence-electron chi connectivity index (χ3n) is 3.90. The van der Waals surface area contributed by atoms with Gasteiger partial charge in [-0.3, -0.25) is 0 Å². The zero-order valence-corrected chi connectivity index (χ0v) is 14.3. The van der Waals surface area contributed by atoms with Crippen molar-refractivity contribution in [2.45, 2.75) is 20.3 Å². The van der Waals surface area contributed by atoms with Gasteiger partial charge in [0.25, 0.3) is 0 Å². The van der Waals surface area contributed by atoms with Crippen molar-refractivity contribution >= 4 is 16.9 Å². The highest BCUT2D eigenvalue weighted by molar-refractivity contribution is 5.94. The quantitative estimate of drug-likeness (QED) is 0.410. The summed E-state index contributed by atoms with van der Waals surface area (Å²) in [5.74, 6) is 0.120. The van der Waals surface area contributed by atoms with Crippen LogP contribution in [0, 0.1) is 6.92 Å². The van der Waals surface area contributed by atoms with Crippen LogP contribution in [0.4, 0.5) is 0 Å². The smallest absolute Gasteiger partial charge is 0.351 e. The van der Waals surface area contributed by atoms with Crippen LogP contribution in [0.1, 0.15) is 28.4 Å². The summed E-state index contributed by atoms with van der Waals surface area (Å²) in [6.07, 6.45) is 0.845. The molecule has 1 heterocycles. The Kier molecular flexibility index (Phi) is 4.57. The fourth-order valence-electron chi connectivity index (χ4n) is 2.59. The first-order valence-electron chi connectivity index (χ1n) is 7.95. The van der Waals surface area contributed by atoms with E-state index in [0.29, 0.717) is 22.5 Å². The largest absolute Gasteiger partial charge is 0.497 e. The monoisotopic (exact) mass is 338 g/mol. The van der Waals surface area contributed by atoms with E-state index in [9.17, 15) is 9.59 Å². The van der Waals surface area contributed by atoms with E-state index in [1.807, 2.05) is 32.0 Å². The van der Waals surface area contributed by atoms with Crippen molar-refractivity contribution in [2.24, 2.45) is 0 Å². The molecule has 0 aliphatic carbocycles. The van der Waals surface area contributed by atoms with E-state index < -0.39 is 11.6 Å². The fourth-order valence-corrected chi connectivity index (χ4v) is 2.59. The summed E-state index contributed by atoms with van der Waals surface area (Å²) in [5, 5.41) is 0.688. The summed E-state index contributed by atoms with van der Waals surface area (Å²) in [5.41, 5.74) is 1.54. The van der Waals surface area contributed by atoms with E-state index in [4.69, 9.17) is 13.9 Å². The van der Waals surface area contributed by atoms with E-state index in [2.05, 4.69) is 0 Å². The van der Waals surface area contributed by atoms with Crippen LogP contribution >= 0.6 is 0 Å². The number of fused-ring (bicyclic) bond motifs is 1. The van der Waals surface area contributed by atoms with Crippen LogP contribution in [0.3, 0.4) is 0 Å². The van der Waals surface area contributed by atoms with E-state index in [-0.39, 0.29) is 5.56 Å². The normalized spacial score (nSPS) is 10.7. The molecule has 0 bridgehead atoms. The molecule has 5 heteroatoms. The fraction of sp³-hybridized carbons (Fsp3) is 0.200. The van der Waals surface area contributed by atoms with E-state index in [1.165, 1.54) is 13.2 Å². The summed E-state index contributed by atoms with van der Waals surface area (Å²) < 4.78 is 15.7. The third kappa shape index (κ3) is 3.55. The predicted octanol–water partition coefficient (Wildman–Crippen LogP) is 3.89. The van der Waals surface area contributed by atoms with Crippen LogP contribution in [0.5, 0.6) is 11.5 Å². The summed E-state index contributed by atoms with van der Waals surface area (Å²) in [4.78, 5) is 24.5. The number of hydrogen-bond donors (Lipinski definition) is 0. The van der Waals surface area contributed by atoms with Crippen LogP contribution in [-0.2, 0) is 6.42 Å². The van der Waals surface area contributed by atoms with Gasteiger partial charge < -0.3 is 13.9 Å². The highest BCUT2D eigenvalue weighted by Gasteiger charge is 2.17. The molecule has 0 spiro atoms. The van der Waals surface area contributed by atoms with Gasteiger partial charge in [0, 0.05) is 11.5 Å². The maximum Gasteiger partial charge on any atom is 0.351 e. The summed E-state index contributed by atoms with van der Waals surface area (Å²) in [7, 11) is 1.53. The Morgan fingerprint density at radius 2 is 1.84 bits per heavy atom. The third-order valence-corrected chi connectivity index (χ3v) is 3.90. The van der Waals surface area contributed by atoms with Gasteiger partial charge in [-0.15, -0.1) is 0 Å². The Morgan fingerprint density at radius 1 is 1.08 bits per heavy atom. The van der Waals surface area contributed by atoms with Crippen molar-refractivity contribution < 1.29 is 18.7 Å². The molecule has 25 heavy (non-hydrogen) atoms. The van der Waals surface area contributed by atoms with Gasteiger partial charge in [-0.1, -0.05) is 13.0 Å². The van der Waals surface area contributed by atoms with Crippen LogP contribution in [-0.4, -0.2) is 13.1 Å². The van der Waals surface area contributed by atoms with Crippen molar-refractivity contribution in [1.29, 1.82) is 0 Å². The number of rotatable bonds is 4. The lowest BCUT2D eigenvalue weighted by Crippen LogP contribution is -2.18. The molecule has 0 aliphatic rings. The number of benzene rings is 2. The molecule has 0 aliphatic heterocycles. The number of methoxy groups -OCH3 is 1. The second-order valence-corrected chi connectivity index (χ2v) is 5.75. The Labute approximate surface area is 144 Å². The van der Waals surface area contributed by atoms with Gasteiger partial charge in [-0.2, -0.15) is 0 Å². The number of carbonyl (C=O) groups is 1. The van der Waals surface area contributed by atoms with Gasteiger partial charge in [0.1, 0.15) is 22.6 Å². The first kappa shape index (κ1) is 16.8. The van der Waals surface area contributed by atoms with Gasteiger partial charge in [-0.05, 0) is 54.8 Å². The molecule has 0 saturated heterocycles. The molecule has 128 valence electrons. The summed E-state index contributed by atoms with van der Waals surface area (Å²) in [6, 6.07) is 12.1. The molecule has 0 radical (unpaired) electrons. The minimum Gasteiger partial charge on any atom is -0.497 e. The van der Waals surface area contributed by atoms with Crippen molar-refractivity contribution in [2.75, 3.05) is 7.11 Å². The molecule has 1 aromatic heterocycles. The van der Waals surface area contributed by atoms with E-state index in [0.717, 1.165) is 17.5 Å². The molecule has 0 fully saturated rings. The Balaban J connectivity index is 1.97. The molecule has 3 aromatic rings. The molecular formula is C20H18O5. The molecule has 0 unspecified atom stereocenters. The van der Waals surface area contributed by atoms with Crippen LogP contribution < -0.4 is 15.1 Å². The average Bonchev–Trinajstić information content (AvgIpc) is 2.60. The minimum atomic E-state index is -0.759. The standard InChI is InChI=1S/C20H18O5/c1-4-13-5-6-18-14(9-13)10-17(20(22)25-18)19(21)24-16-8-12(2)7-15(11-16)23-3/h5-11H,4H2,1-3H3. The lowest BCUT2D eigenvalue weighted by molar-refractivity contribution is 0.0730. The van der Waals surface area contributed by atoms with Crippen molar-refractivity contribution in [3.8, 4) is 11.5 Å². The zero-order valence-electron chi connectivity index (χ0n) is 14.3. The first-order valence-corrected chi connectivity index (χ1v) is 7.95. The summed E-state index contributed by atoms with van der Waals surface area (Å²) >= 11 is 0. The Morgan fingerprint density at radius 3 is 2.56 bits per heavy atom. The second-order valence-electron chi connectivity index (χ2n) is 5.75. The lowest BCUT2D eigenvalue weighted by atomic mass is 10.1. The highest BCUT2D eigenvalue weighted by Crippen LogP contribution is 2.23. The molecule has 5 nitrogen and oxygen atoms in total. The predicted molar refractivity (Wildman–Crippen MR) is 94.6 cm³/mol. The first-order chi connectivity index (χ1) is 12.0. The van der Waals surface area contributed by atoms with Crippen molar-refractivity contribution in [1.82, 2.24) is 0 Å². The van der Waals surface area contributed by atoms with E-state index >= 15 is 0 Å². The lowest BCUT2D eigenvalue weighted by Gasteiger charge is -2.08. The zero-order chi connectivity index (χ0) is 18.0. The molecular weight excluding hydrogens is 320 g/mol. The molecule has 0 saturated carbocycles. The number of esters is 1. The Bertz CT molecular complexity index is 1000.